The standard InChI is InChI=1S/C6H13N3O/c7-6(10)9-4-2-1-3-8-5-9/h8H,1-5H2,(H2,7,10). The molecule has 0 aromatic heterocycles. The number of urea groups is 1. The largest absolute Gasteiger partial charge is 0.351 e. The van der Waals surface area contributed by atoms with Gasteiger partial charge in [0.15, 0.2) is 0 Å². The van der Waals surface area contributed by atoms with Crippen molar-refractivity contribution in [1.82, 2.24) is 10.2 Å². The minimum absolute atomic E-state index is 0.325. The smallest absolute Gasteiger partial charge is 0.315 e. The zero-order valence-corrected chi connectivity index (χ0v) is 5.97. The third-order valence-electron chi connectivity index (χ3n) is 1.65. The first-order valence-electron chi connectivity index (χ1n) is 3.56. The third kappa shape index (κ3) is 1.88. The Kier molecular flexibility index (Phi) is 2.50. The van der Waals surface area contributed by atoms with E-state index in [1.54, 1.807) is 4.90 Å². The summed E-state index contributed by atoms with van der Waals surface area (Å²) in [4.78, 5) is 12.2. The maximum Gasteiger partial charge on any atom is 0.315 e. The summed E-state index contributed by atoms with van der Waals surface area (Å²) >= 11 is 0. The number of hydrogen-bond acceptors (Lipinski definition) is 2. The number of nitrogens with two attached hydrogens (primary N) is 1. The van der Waals surface area contributed by atoms with Gasteiger partial charge in [-0.05, 0) is 19.4 Å². The number of primary amides is 1. The van der Waals surface area contributed by atoms with Gasteiger partial charge in [-0.25, -0.2) is 4.79 Å². The Hall–Kier alpha value is -0.770. The van der Waals surface area contributed by atoms with Gasteiger partial charge in [-0.1, -0.05) is 0 Å². The van der Waals surface area contributed by atoms with Crippen LogP contribution in [0.1, 0.15) is 12.8 Å². The normalized spacial score (nSPS) is 20.2. The van der Waals surface area contributed by atoms with Crippen molar-refractivity contribution >= 4 is 6.03 Å². The van der Waals surface area contributed by atoms with Crippen molar-refractivity contribution in [3.8, 4) is 0 Å². The van der Waals surface area contributed by atoms with Gasteiger partial charge in [0, 0.05) is 6.54 Å². The summed E-state index contributed by atoms with van der Waals surface area (Å²) in [5.41, 5.74) is 5.08. The lowest BCUT2D eigenvalue weighted by molar-refractivity contribution is 0.207. The Morgan fingerprint density at radius 3 is 3.00 bits per heavy atom. The molecular weight excluding hydrogens is 130 g/mol. The lowest BCUT2D eigenvalue weighted by atomic mass is 10.3. The summed E-state index contributed by atoms with van der Waals surface area (Å²) in [5, 5.41) is 3.10. The van der Waals surface area contributed by atoms with E-state index in [0.717, 1.165) is 25.9 Å². The summed E-state index contributed by atoms with van der Waals surface area (Å²) in [7, 11) is 0. The molecule has 3 N–H and O–H groups in total. The molecule has 0 unspecified atom stereocenters. The average Bonchev–Trinajstić information content (AvgIpc) is 2.12. The number of nitrogens with zero attached hydrogens (tertiary/aromatic N) is 1. The zero-order chi connectivity index (χ0) is 7.40. The lowest BCUT2D eigenvalue weighted by Gasteiger charge is -2.16. The second-order valence-electron chi connectivity index (χ2n) is 2.47. The molecule has 1 fully saturated rings. The minimum Gasteiger partial charge on any atom is -0.351 e. The van der Waals surface area contributed by atoms with Crippen molar-refractivity contribution in [3.05, 3.63) is 0 Å². The molecule has 0 saturated carbocycles. The van der Waals surface area contributed by atoms with E-state index >= 15 is 0 Å². The predicted octanol–water partition coefficient (Wildman–Crippen LogP) is -0.292. The van der Waals surface area contributed by atoms with Crippen LogP contribution >= 0.6 is 0 Å². The Labute approximate surface area is 60.4 Å². The number of carbonyl (C=O) groups excluding carboxylic acids is 1. The van der Waals surface area contributed by atoms with Gasteiger partial charge in [-0.2, -0.15) is 0 Å². The SMILES string of the molecule is NC(=O)N1CCCCNC1. The molecule has 0 bridgehead atoms. The van der Waals surface area contributed by atoms with Crippen LogP contribution in [0.15, 0.2) is 0 Å². The van der Waals surface area contributed by atoms with Crippen LogP contribution < -0.4 is 11.1 Å². The van der Waals surface area contributed by atoms with Gasteiger partial charge in [0.25, 0.3) is 0 Å². The lowest BCUT2D eigenvalue weighted by Crippen LogP contribution is -2.40. The van der Waals surface area contributed by atoms with E-state index in [2.05, 4.69) is 5.32 Å². The zero-order valence-electron chi connectivity index (χ0n) is 5.97. The van der Waals surface area contributed by atoms with Gasteiger partial charge in [0.2, 0.25) is 0 Å². The third-order valence-corrected chi connectivity index (χ3v) is 1.65. The van der Waals surface area contributed by atoms with Crippen LogP contribution in [-0.2, 0) is 0 Å². The molecule has 0 atom stereocenters. The fraction of sp³-hybridized carbons (Fsp3) is 0.833. The molecule has 10 heavy (non-hydrogen) atoms. The minimum atomic E-state index is -0.325. The molecule has 4 nitrogen and oxygen atoms in total. The van der Waals surface area contributed by atoms with Crippen molar-refractivity contribution in [1.29, 1.82) is 0 Å². The van der Waals surface area contributed by atoms with Crippen molar-refractivity contribution in [2.24, 2.45) is 5.73 Å². The van der Waals surface area contributed by atoms with Crippen LogP contribution in [-0.4, -0.2) is 30.7 Å². The molecule has 0 spiro atoms. The molecule has 1 rings (SSSR count). The number of nitrogens with one attached hydrogen (secondary N) is 1. The fourth-order valence-corrected chi connectivity index (χ4v) is 1.03. The maximum absolute atomic E-state index is 10.6. The molecule has 1 aliphatic heterocycles. The molecule has 0 aromatic rings. The Morgan fingerprint density at radius 2 is 2.30 bits per heavy atom. The summed E-state index contributed by atoms with van der Waals surface area (Å²) in [6.07, 6.45) is 2.18. The van der Waals surface area contributed by atoms with Gasteiger partial charge < -0.3 is 10.6 Å². The first kappa shape index (κ1) is 7.34. The van der Waals surface area contributed by atoms with Gasteiger partial charge >= 0.3 is 6.03 Å². The van der Waals surface area contributed by atoms with E-state index in [9.17, 15) is 4.79 Å². The van der Waals surface area contributed by atoms with Crippen LogP contribution in [0, 0.1) is 0 Å². The highest BCUT2D eigenvalue weighted by molar-refractivity contribution is 5.71. The van der Waals surface area contributed by atoms with E-state index in [4.69, 9.17) is 5.73 Å². The highest BCUT2D eigenvalue weighted by Crippen LogP contribution is 1.97. The van der Waals surface area contributed by atoms with Crippen molar-refractivity contribution < 1.29 is 4.79 Å². The van der Waals surface area contributed by atoms with Crippen LogP contribution in [0.5, 0.6) is 0 Å². The highest BCUT2D eigenvalue weighted by atomic mass is 16.2. The van der Waals surface area contributed by atoms with Crippen LogP contribution in [0.4, 0.5) is 4.79 Å². The topological polar surface area (TPSA) is 58.4 Å². The molecule has 2 amide bonds. The second-order valence-corrected chi connectivity index (χ2v) is 2.47. The Bertz CT molecular complexity index is 118. The van der Waals surface area contributed by atoms with Crippen LogP contribution in [0.3, 0.4) is 0 Å². The monoisotopic (exact) mass is 143 g/mol. The Balaban J connectivity index is 2.35. The quantitative estimate of drug-likeness (QED) is 0.489. The molecule has 0 radical (unpaired) electrons. The van der Waals surface area contributed by atoms with Gasteiger partial charge in [-0.3, -0.25) is 5.32 Å². The molecule has 1 heterocycles. The van der Waals surface area contributed by atoms with Crippen molar-refractivity contribution in [2.45, 2.75) is 12.8 Å². The molecule has 0 aromatic carbocycles. The molecule has 1 aliphatic rings. The van der Waals surface area contributed by atoms with E-state index in [0.29, 0.717) is 6.67 Å². The maximum atomic E-state index is 10.6. The van der Waals surface area contributed by atoms with Crippen LogP contribution in [0.2, 0.25) is 0 Å². The fourth-order valence-electron chi connectivity index (χ4n) is 1.03. The van der Waals surface area contributed by atoms with E-state index in [-0.39, 0.29) is 6.03 Å². The number of rotatable bonds is 0. The number of hydrogen-bond donors (Lipinski definition) is 2. The number of amides is 2. The van der Waals surface area contributed by atoms with Gasteiger partial charge in [-0.15, -0.1) is 0 Å². The molecule has 58 valence electrons. The van der Waals surface area contributed by atoms with Crippen molar-refractivity contribution in [2.75, 3.05) is 19.8 Å². The van der Waals surface area contributed by atoms with E-state index in [1.807, 2.05) is 0 Å². The first-order valence-corrected chi connectivity index (χ1v) is 3.56. The molecule has 1 saturated heterocycles. The molecular formula is C6H13N3O. The van der Waals surface area contributed by atoms with E-state index < -0.39 is 0 Å². The van der Waals surface area contributed by atoms with Gasteiger partial charge in [0.1, 0.15) is 0 Å². The molecule has 0 aliphatic carbocycles. The van der Waals surface area contributed by atoms with Crippen LogP contribution in [0.25, 0.3) is 0 Å². The predicted molar refractivity (Wildman–Crippen MR) is 38.4 cm³/mol. The highest BCUT2D eigenvalue weighted by Gasteiger charge is 2.10. The summed E-state index contributed by atoms with van der Waals surface area (Å²) < 4.78 is 0. The number of carbonyl (C=O) groups is 1. The summed E-state index contributed by atoms with van der Waals surface area (Å²) in [6, 6.07) is -0.325. The van der Waals surface area contributed by atoms with Gasteiger partial charge in [0.05, 0.1) is 6.67 Å². The Morgan fingerprint density at radius 1 is 1.50 bits per heavy atom. The summed E-state index contributed by atoms with van der Waals surface area (Å²) in [6.45, 7) is 2.39. The first-order chi connectivity index (χ1) is 4.80. The van der Waals surface area contributed by atoms with Crippen molar-refractivity contribution in [3.63, 3.8) is 0 Å². The van der Waals surface area contributed by atoms with E-state index in [1.165, 1.54) is 0 Å². The summed E-state index contributed by atoms with van der Waals surface area (Å²) in [5.74, 6) is 0. The second kappa shape index (κ2) is 3.41. The average molecular weight is 143 g/mol. The molecule has 4 heteroatoms.